The molecule has 0 radical (unpaired) electrons. The van der Waals surface area contributed by atoms with Crippen molar-refractivity contribution in [3.05, 3.63) is 26.7 Å². The van der Waals surface area contributed by atoms with Crippen LogP contribution in [0.2, 0.25) is 0 Å². The van der Waals surface area contributed by atoms with Gasteiger partial charge in [-0.15, -0.1) is 0 Å². The maximum atomic E-state index is 11.7. The molecule has 80 valence electrons. The van der Waals surface area contributed by atoms with Crippen LogP contribution in [0.4, 0.5) is 0 Å². The Labute approximate surface area is 85.4 Å². The van der Waals surface area contributed by atoms with E-state index in [9.17, 15) is 9.59 Å². The van der Waals surface area contributed by atoms with Gasteiger partial charge in [-0.1, -0.05) is 0 Å². The number of fused-ring (bicyclic) bond motifs is 1. The van der Waals surface area contributed by atoms with Crippen molar-refractivity contribution in [1.29, 1.82) is 0 Å². The fraction of sp³-hybridized carbons (Fsp3) is 0.444. The van der Waals surface area contributed by atoms with Gasteiger partial charge in [0.25, 0.3) is 5.56 Å². The molecule has 0 aliphatic rings. The summed E-state index contributed by atoms with van der Waals surface area (Å²) in [7, 11) is 4.86. The van der Waals surface area contributed by atoms with Crippen LogP contribution in [-0.2, 0) is 21.1 Å². The average Bonchev–Trinajstić information content (AvgIpc) is 2.50. The minimum absolute atomic E-state index is 0.333. The Morgan fingerprint density at radius 1 is 1.00 bits per heavy atom. The third-order valence-electron chi connectivity index (χ3n) is 2.69. The molecule has 0 amide bonds. The Morgan fingerprint density at radius 3 is 2.20 bits per heavy atom. The summed E-state index contributed by atoms with van der Waals surface area (Å²) in [6, 6.07) is 0. The second-order valence-corrected chi connectivity index (χ2v) is 3.60. The lowest BCUT2D eigenvalue weighted by atomic mass is 10.5. The second kappa shape index (κ2) is 2.82. The van der Waals surface area contributed by atoms with Gasteiger partial charge >= 0.3 is 5.69 Å². The third-order valence-corrected chi connectivity index (χ3v) is 2.69. The SMILES string of the molecule is Cc1nc2c(=O)n(C)c(=O)n(C)c2n1C. The first-order valence-electron chi connectivity index (χ1n) is 4.54. The van der Waals surface area contributed by atoms with Crippen LogP contribution in [0, 0.1) is 6.92 Å². The van der Waals surface area contributed by atoms with Crippen LogP contribution in [0.1, 0.15) is 5.82 Å². The molecule has 0 saturated carbocycles. The average molecular weight is 208 g/mol. The number of aryl methyl sites for hydroxylation is 3. The van der Waals surface area contributed by atoms with Crippen molar-refractivity contribution in [3.8, 4) is 0 Å². The van der Waals surface area contributed by atoms with Gasteiger partial charge in [0.15, 0.2) is 5.52 Å². The molecule has 6 heteroatoms. The standard InChI is InChI=1S/C9H12N4O2/c1-5-10-6-7(11(5)2)12(3)9(15)13(4)8(6)14/h1-4H3. The van der Waals surface area contributed by atoms with Crippen LogP contribution < -0.4 is 11.2 Å². The normalized spacial score (nSPS) is 11.2. The first-order valence-corrected chi connectivity index (χ1v) is 4.54. The molecule has 2 aromatic rings. The lowest BCUT2D eigenvalue weighted by Gasteiger charge is -2.04. The Morgan fingerprint density at radius 2 is 1.60 bits per heavy atom. The van der Waals surface area contributed by atoms with Gasteiger partial charge in [-0.25, -0.2) is 9.78 Å². The molecule has 0 atom stereocenters. The number of hydrogen-bond donors (Lipinski definition) is 0. The molecule has 2 rings (SSSR count). The van der Waals surface area contributed by atoms with E-state index >= 15 is 0 Å². The van der Waals surface area contributed by atoms with Gasteiger partial charge in [0.05, 0.1) is 0 Å². The van der Waals surface area contributed by atoms with E-state index in [0.29, 0.717) is 17.0 Å². The molecule has 0 aromatic carbocycles. The largest absolute Gasteiger partial charge is 0.332 e. The highest BCUT2D eigenvalue weighted by atomic mass is 16.2. The van der Waals surface area contributed by atoms with E-state index in [4.69, 9.17) is 0 Å². The zero-order valence-corrected chi connectivity index (χ0v) is 9.11. The molecule has 2 aromatic heterocycles. The van der Waals surface area contributed by atoms with E-state index in [2.05, 4.69) is 4.98 Å². The van der Waals surface area contributed by atoms with Crippen molar-refractivity contribution in [2.75, 3.05) is 0 Å². The number of hydrogen-bond acceptors (Lipinski definition) is 3. The van der Waals surface area contributed by atoms with Gasteiger partial charge in [-0.2, -0.15) is 0 Å². The summed E-state index contributed by atoms with van der Waals surface area (Å²) in [5.74, 6) is 0.711. The Balaban J connectivity index is 3.23. The van der Waals surface area contributed by atoms with Crippen molar-refractivity contribution in [1.82, 2.24) is 18.7 Å². The summed E-state index contributed by atoms with van der Waals surface area (Å²) in [5, 5.41) is 0. The van der Waals surface area contributed by atoms with Crippen molar-refractivity contribution in [3.63, 3.8) is 0 Å². The van der Waals surface area contributed by atoms with Gasteiger partial charge in [0, 0.05) is 21.1 Å². The topological polar surface area (TPSA) is 61.8 Å². The summed E-state index contributed by atoms with van der Waals surface area (Å²) < 4.78 is 4.23. The maximum absolute atomic E-state index is 11.7. The van der Waals surface area contributed by atoms with Gasteiger partial charge in [0.2, 0.25) is 0 Å². The smallest absolute Gasteiger partial charge is 0.317 e. The van der Waals surface area contributed by atoms with E-state index in [1.807, 2.05) is 0 Å². The molecule has 0 spiro atoms. The van der Waals surface area contributed by atoms with E-state index in [0.717, 1.165) is 4.57 Å². The zero-order chi connectivity index (χ0) is 11.3. The highest BCUT2D eigenvalue weighted by Crippen LogP contribution is 2.07. The summed E-state index contributed by atoms with van der Waals surface area (Å²) in [4.78, 5) is 27.5. The van der Waals surface area contributed by atoms with Gasteiger partial charge < -0.3 is 4.57 Å². The molecule has 15 heavy (non-hydrogen) atoms. The van der Waals surface area contributed by atoms with Gasteiger partial charge in [-0.3, -0.25) is 13.9 Å². The van der Waals surface area contributed by atoms with Crippen molar-refractivity contribution >= 4 is 11.2 Å². The van der Waals surface area contributed by atoms with Crippen LogP contribution in [0.5, 0.6) is 0 Å². The first kappa shape index (κ1) is 9.70. The molecule has 0 unspecified atom stereocenters. The van der Waals surface area contributed by atoms with E-state index in [-0.39, 0.29) is 11.2 Å². The molecule has 0 bridgehead atoms. The lowest BCUT2D eigenvalue weighted by Crippen LogP contribution is -2.37. The predicted octanol–water partition coefficient (Wildman–Crippen LogP) is -0.721. The molecular formula is C9H12N4O2. The second-order valence-electron chi connectivity index (χ2n) is 3.60. The predicted molar refractivity (Wildman–Crippen MR) is 55.9 cm³/mol. The number of nitrogens with zero attached hydrogens (tertiary/aromatic N) is 4. The van der Waals surface area contributed by atoms with Crippen LogP contribution in [0.25, 0.3) is 11.2 Å². The fourth-order valence-electron chi connectivity index (χ4n) is 1.69. The van der Waals surface area contributed by atoms with Crippen LogP contribution >= 0.6 is 0 Å². The number of imidazole rings is 1. The van der Waals surface area contributed by atoms with Gasteiger partial charge in [0.1, 0.15) is 11.5 Å². The molecule has 0 saturated heterocycles. The highest BCUT2D eigenvalue weighted by Gasteiger charge is 2.14. The number of rotatable bonds is 0. The Hall–Kier alpha value is -1.85. The molecular weight excluding hydrogens is 196 g/mol. The van der Waals surface area contributed by atoms with Crippen LogP contribution in [0.15, 0.2) is 9.59 Å². The maximum Gasteiger partial charge on any atom is 0.332 e. The number of aromatic nitrogens is 4. The van der Waals surface area contributed by atoms with Crippen LogP contribution in [-0.4, -0.2) is 18.7 Å². The molecule has 0 aliphatic carbocycles. The van der Waals surface area contributed by atoms with Crippen molar-refractivity contribution in [2.24, 2.45) is 21.1 Å². The van der Waals surface area contributed by atoms with Crippen LogP contribution in [0.3, 0.4) is 0 Å². The molecule has 2 heterocycles. The lowest BCUT2D eigenvalue weighted by molar-refractivity contribution is 0.696. The highest BCUT2D eigenvalue weighted by molar-refractivity contribution is 5.70. The summed E-state index contributed by atoms with van der Waals surface area (Å²) >= 11 is 0. The third kappa shape index (κ3) is 1.07. The quantitative estimate of drug-likeness (QED) is 0.574. The molecule has 0 N–H and O–H groups in total. The van der Waals surface area contributed by atoms with Crippen molar-refractivity contribution in [2.45, 2.75) is 6.92 Å². The Bertz CT molecular complexity index is 659. The van der Waals surface area contributed by atoms with E-state index in [1.165, 1.54) is 11.6 Å². The van der Waals surface area contributed by atoms with Crippen molar-refractivity contribution < 1.29 is 0 Å². The minimum atomic E-state index is -0.350. The monoisotopic (exact) mass is 208 g/mol. The molecule has 0 fully saturated rings. The van der Waals surface area contributed by atoms with E-state index < -0.39 is 0 Å². The summed E-state index contributed by atoms with van der Waals surface area (Å²) in [5.41, 5.74) is 0.201. The molecule has 6 nitrogen and oxygen atoms in total. The summed E-state index contributed by atoms with van der Waals surface area (Å²) in [6.45, 7) is 1.80. The fourth-order valence-corrected chi connectivity index (χ4v) is 1.69. The zero-order valence-electron chi connectivity index (χ0n) is 9.11. The minimum Gasteiger partial charge on any atom is -0.317 e. The summed E-state index contributed by atoms with van der Waals surface area (Å²) in [6.07, 6.45) is 0. The molecule has 0 aliphatic heterocycles. The van der Waals surface area contributed by atoms with E-state index in [1.54, 1.807) is 25.6 Å². The Kier molecular flexibility index (Phi) is 1.82. The first-order chi connectivity index (χ1) is 6.95. The van der Waals surface area contributed by atoms with Gasteiger partial charge in [-0.05, 0) is 6.92 Å².